The van der Waals surface area contributed by atoms with Crippen LogP contribution in [0.1, 0.15) is 71.0 Å². The van der Waals surface area contributed by atoms with Crippen LogP contribution in [-0.2, 0) is 0 Å². The number of nitriles is 1. The molecule has 1 atom stereocenters. The van der Waals surface area contributed by atoms with E-state index in [4.69, 9.17) is 5.26 Å². The Hall–Kier alpha value is -3.84. The van der Waals surface area contributed by atoms with Crippen LogP contribution in [0.25, 0.3) is 5.70 Å². The second kappa shape index (κ2) is 14.0. The molecule has 0 aromatic heterocycles. The largest absolute Gasteiger partial charge is 0.385 e. The summed E-state index contributed by atoms with van der Waals surface area (Å²) in [5.41, 5.74) is 7.70. The van der Waals surface area contributed by atoms with Gasteiger partial charge in [0.25, 0.3) is 0 Å². The van der Waals surface area contributed by atoms with Gasteiger partial charge in [0.05, 0.1) is 12.1 Å². The number of hydrogen-bond donors (Lipinski definition) is 1. The summed E-state index contributed by atoms with van der Waals surface area (Å²) in [6.07, 6.45) is 17.1. The van der Waals surface area contributed by atoms with E-state index in [0.29, 0.717) is 18.5 Å². The van der Waals surface area contributed by atoms with Gasteiger partial charge in [0, 0.05) is 30.2 Å². The maximum absolute atomic E-state index is 8.85. The van der Waals surface area contributed by atoms with Crippen molar-refractivity contribution in [3.8, 4) is 6.07 Å². The van der Waals surface area contributed by atoms with Gasteiger partial charge < -0.3 is 5.32 Å². The smallest absolute Gasteiger partial charge is 0.0941 e. The van der Waals surface area contributed by atoms with E-state index in [1.165, 1.54) is 11.1 Å². The van der Waals surface area contributed by atoms with Crippen LogP contribution >= 0.6 is 0 Å². The summed E-state index contributed by atoms with van der Waals surface area (Å²) in [7, 11) is 0. The highest BCUT2D eigenvalue weighted by atomic mass is 15.5. The molecule has 0 aliphatic heterocycles. The van der Waals surface area contributed by atoms with Crippen LogP contribution in [0.4, 0.5) is 0 Å². The summed E-state index contributed by atoms with van der Waals surface area (Å²) >= 11 is 0. The fourth-order valence-corrected chi connectivity index (χ4v) is 4.09. The van der Waals surface area contributed by atoms with Crippen molar-refractivity contribution >= 4 is 11.9 Å². The molecule has 1 unspecified atom stereocenters. The number of rotatable bonds is 12. The molecule has 0 spiro atoms. The highest BCUT2D eigenvalue weighted by Gasteiger charge is 2.20. The van der Waals surface area contributed by atoms with E-state index >= 15 is 0 Å². The number of nitrogens with zero attached hydrogens (tertiary/aromatic N) is 3. The minimum atomic E-state index is 0.0411. The molecule has 194 valence electrons. The van der Waals surface area contributed by atoms with Crippen LogP contribution in [0, 0.1) is 16.7 Å². The summed E-state index contributed by atoms with van der Waals surface area (Å²) in [5.74, 6) is 0. The van der Waals surface area contributed by atoms with Crippen LogP contribution in [-0.4, -0.2) is 17.8 Å². The lowest BCUT2D eigenvalue weighted by Crippen LogP contribution is -2.16. The van der Waals surface area contributed by atoms with Gasteiger partial charge in [-0.2, -0.15) is 10.4 Å². The van der Waals surface area contributed by atoms with Gasteiger partial charge in [0.15, 0.2) is 0 Å². The van der Waals surface area contributed by atoms with E-state index in [0.717, 1.165) is 35.2 Å². The molecule has 4 nitrogen and oxygen atoms in total. The molecular weight excluding hydrogens is 452 g/mol. The summed E-state index contributed by atoms with van der Waals surface area (Å²) in [6.45, 7) is 23.3. The van der Waals surface area contributed by atoms with Gasteiger partial charge >= 0.3 is 0 Å². The molecule has 0 amide bonds. The van der Waals surface area contributed by atoms with E-state index in [1.54, 1.807) is 0 Å². The Labute approximate surface area is 224 Å². The van der Waals surface area contributed by atoms with E-state index < -0.39 is 0 Å². The molecule has 2 rings (SSSR count). The second-order valence-electron chi connectivity index (χ2n) is 10.2. The van der Waals surface area contributed by atoms with Gasteiger partial charge in [-0.1, -0.05) is 94.7 Å². The summed E-state index contributed by atoms with van der Waals surface area (Å²) in [5, 5.41) is 18.7. The first-order chi connectivity index (χ1) is 17.6. The molecule has 0 radical (unpaired) electrons. The van der Waals surface area contributed by atoms with Crippen LogP contribution in [0.5, 0.6) is 0 Å². The predicted molar refractivity (Wildman–Crippen MR) is 160 cm³/mol. The summed E-state index contributed by atoms with van der Waals surface area (Å²) < 4.78 is 0. The molecule has 0 saturated heterocycles. The number of allylic oxidation sites excluding steroid dienone is 8. The summed E-state index contributed by atoms with van der Waals surface area (Å²) in [6, 6.07) is 10.4. The third-order valence-electron chi connectivity index (χ3n) is 6.50. The number of nitrogens with one attached hydrogen (secondary N) is 1. The van der Waals surface area contributed by atoms with Gasteiger partial charge in [-0.15, -0.1) is 0 Å². The zero-order chi connectivity index (χ0) is 27.4. The van der Waals surface area contributed by atoms with Crippen molar-refractivity contribution in [3.05, 3.63) is 114 Å². The van der Waals surface area contributed by atoms with Gasteiger partial charge in [0.2, 0.25) is 0 Å². The van der Waals surface area contributed by atoms with Crippen LogP contribution in [0.15, 0.2) is 108 Å². The summed E-state index contributed by atoms with van der Waals surface area (Å²) in [4.78, 5) is 0. The average molecular weight is 495 g/mol. The lowest BCUT2D eigenvalue weighted by molar-refractivity contribution is 0.315. The molecule has 1 aromatic carbocycles. The molecule has 1 aliphatic rings. The monoisotopic (exact) mass is 494 g/mol. The van der Waals surface area contributed by atoms with E-state index in [1.807, 2.05) is 30.4 Å². The molecular formula is C33H42N4. The van der Waals surface area contributed by atoms with Crippen molar-refractivity contribution in [3.63, 3.8) is 0 Å². The second-order valence-corrected chi connectivity index (χ2v) is 10.2. The third kappa shape index (κ3) is 8.95. The first-order valence-corrected chi connectivity index (χ1v) is 12.9. The fourth-order valence-electron chi connectivity index (χ4n) is 4.09. The fraction of sp³-hybridized carbons (Fsp3) is 0.333. The zero-order valence-electron chi connectivity index (χ0n) is 23.2. The number of hydrazone groups is 1. The Morgan fingerprint density at radius 3 is 2.43 bits per heavy atom. The minimum Gasteiger partial charge on any atom is -0.385 e. The van der Waals surface area contributed by atoms with Crippen molar-refractivity contribution < 1.29 is 0 Å². The highest BCUT2D eigenvalue weighted by Crippen LogP contribution is 2.35. The first-order valence-electron chi connectivity index (χ1n) is 12.9. The van der Waals surface area contributed by atoms with Crippen molar-refractivity contribution in [2.24, 2.45) is 10.5 Å². The molecule has 1 N–H and O–H groups in total. The Morgan fingerprint density at radius 2 is 1.89 bits per heavy atom. The van der Waals surface area contributed by atoms with Gasteiger partial charge in [-0.05, 0) is 66.9 Å². The lowest BCUT2D eigenvalue weighted by Gasteiger charge is -2.26. The maximum Gasteiger partial charge on any atom is 0.0941 e. The maximum atomic E-state index is 8.85. The Morgan fingerprint density at radius 1 is 1.19 bits per heavy atom. The number of benzene rings is 1. The number of hydrogen-bond acceptors (Lipinski definition) is 4. The predicted octanol–water partition coefficient (Wildman–Crippen LogP) is 8.40. The van der Waals surface area contributed by atoms with Crippen molar-refractivity contribution in [2.75, 3.05) is 6.54 Å². The molecule has 0 heterocycles. The van der Waals surface area contributed by atoms with Crippen LogP contribution in [0.2, 0.25) is 0 Å². The van der Waals surface area contributed by atoms with E-state index in [-0.39, 0.29) is 11.5 Å². The average Bonchev–Trinajstić information content (AvgIpc) is 2.89. The Kier molecular flexibility index (Phi) is 11.2. The van der Waals surface area contributed by atoms with Gasteiger partial charge in [-0.25, -0.2) is 0 Å². The minimum absolute atomic E-state index is 0.0411. The van der Waals surface area contributed by atoms with Crippen LogP contribution in [0.3, 0.4) is 0 Å². The van der Waals surface area contributed by atoms with Crippen molar-refractivity contribution in [2.45, 2.75) is 59.9 Å². The zero-order valence-corrected chi connectivity index (χ0v) is 23.2. The van der Waals surface area contributed by atoms with Crippen molar-refractivity contribution in [1.82, 2.24) is 10.3 Å². The molecule has 1 aromatic rings. The van der Waals surface area contributed by atoms with Gasteiger partial charge in [0.1, 0.15) is 0 Å². The molecule has 0 fully saturated rings. The SMILES string of the molecule is C=C/C=C(\C=C/N(/N=C\C)C(C)c1ccc(C(=C)NCCC(=C)C#N)cc1)C1=CC=C(C(C)(C)C)CC1. The third-order valence-corrected chi connectivity index (χ3v) is 6.50. The van der Waals surface area contributed by atoms with E-state index in [2.05, 4.69) is 112 Å². The highest BCUT2D eigenvalue weighted by molar-refractivity contribution is 5.62. The lowest BCUT2D eigenvalue weighted by atomic mass is 9.79. The topological polar surface area (TPSA) is 51.4 Å². The normalized spacial score (nSPS) is 15.1. The Bertz CT molecular complexity index is 1160. The quantitative estimate of drug-likeness (QED) is 0.137. The van der Waals surface area contributed by atoms with Crippen LogP contribution < -0.4 is 5.32 Å². The molecule has 0 bridgehead atoms. The van der Waals surface area contributed by atoms with Gasteiger partial charge in [-0.3, -0.25) is 5.01 Å². The van der Waals surface area contributed by atoms with Crippen molar-refractivity contribution in [1.29, 1.82) is 5.26 Å². The molecule has 1 aliphatic carbocycles. The molecule has 0 saturated carbocycles. The molecule has 4 heteroatoms. The van der Waals surface area contributed by atoms with E-state index in [9.17, 15) is 0 Å². The molecule has 37 heavy (non-hydrogen) atoms. The Balaban J connectivity index is 2.16. The standard InChI is InChI=1S/C33H42N4/c1-9-11-30(31-16-18-32(19-17-31)33(6,7)8)21-23-37(36-10-2)27(5)29-14-12-28(13-15-29)26(4)35-22-20-25(3)24-34/h9-16,18,21,23,27,35H,1,3-4,17,19-20,22H2,2,5-8H3/b23-21-,30-11+,36-10-. The first kappa shape index (κ1) is 29.4.